The van der Waals surface area contributed by atoms with Crippen LogP contribution in [0.5, 0.6) is 0 Å². The van der Waals surface area contributed by atoms with Crippen molar-refractivity contribution in [2.24, 2.45) is 0 Å². The van der Waals surface area contributed by atoms with Gasteiger partial charge in [0.05, 0.1) is 7.11 Å². The Morgan fingerprint density at radius 3 is 2.64 bits per heavy atom. The fourth-order valence-corrected chi connectivity index (χ4v) is 3.06. The lowest BCUT2D eigenvalue weighted by Crippen LogP contribution is -2.36. The molecule has 0 aliphatic rings. The number of nitrogens with zero attached hydrogens (tertiary/aromatic N) is 3. The molecule has 2 unspecified atom stereocenters. The van der Waals surface area contributed by atoms with Crippen molar-refractivity contribution >= 4 is 5.97 Å². The summed E-state index contributed by atoms with van der Waals surface area (Å²) in [5.74, 6) is -2.58. The van der Waals surface area contributed by atoms with Gasteiger partial charge in [-0.25, -0.2) is 23.5 Å². The Labute approximate surface area is 159 Å². The fraction of sp³-hybridized carbons (Fsp3) is 0.263. The maximum absolute atomic E-state index is 14.5. The van der Waals surface area contributed by atoms with E-state index in [4.69, 9.17) is 0 Å². The molecule has 0 radical (unpaired) electrons. The Balaban J connectivity index is 2.04. The number of methoxy groups -OCH3 is 1. The Morgan fingerprint density at radius 2 is 2.07 bits per heavy atom. The van der Waals surface area contributed by atoms with Gasteiger partial charge in [0.25, 0.3) is 0 Å². The number of hydrogen-bond acceptors (Lipinski definition) is 6. The van der Waals surface area contributed by atoms with Crippen molar-refractivity contribution in [3.05, 3.63) is 77.1 Å². The molecule has 0 amide bonds. The summed E-state index contributed by atoms with van der Waals surface area (Å²) in [6.07, 6.45) is 2.58. The molecule has 3 rings (SSSR count). The van der Waals surface area contributed by atoms with Crippen molar-refractivity contribution in [2.75, 3.05) is 7.11 Å². The topological polar surface area (TPSA) is 101 Å². The van der Waals surface area contributed by atoms with Crippen molar-refractivity contribution in [3.8, 4) is 0 Å². The summed E-state index contributed by atoms with van der Waals surface area (Å²) < 4.78 is 32.5. The van der Waals surface area contributed by atoms with Gasteiger partial charge in [-0.3, -0.25) is 5.10 Å². The molecule has 0 spiro atoms. The molecule has 146 valence electrons. The first kappa shape index (κ1) is 19.6. The number of aromatic amines is 1. The molecule has 0 aliphatic heterocycles. The molecule has 7 nitrogen and oxygen atoms in total. The summed E-state index contributed by atoms with van der Waals surface area (Å²) in [4.78, 5) is 19.6. The lowest BCUT2D eigenvalue weighted by atomic mass is 9.76. The third-order valence-corrected chi connectivity index (χ3v) is 4.70. The molecule has 1 aromatic carbocycles. The number of pyridine rings is 1. The number of nitrogens with one attached hydrogen (secondary N) is 1. The van der Waals surface area contributed by atoms with E-state index >= 15 is 0 Å². The molecule has 2 heterocycles. The summed E-state index contributed by atoms with van der Waals surface area (Å²) in [5.41, 5.74) is -1.23. The number of aromatic nitrogens is 4. The largest absolute Gasteiger partial charge is 0.464 e. The molecular weight excluding hydrogens is 370 g/mol. The predicted octanol–water partition coefficient (Wildman–Crippen LogP) is 2.50. The SMILES string of the molecule is COC(=O)c1ccc(C(C)C(O)(Cc2ncn[nH]2)c2ccc(F)cc2F)cn1. The number of benzene rings is 1. The Bertz CT molecular complexity index is 964. The second-order valence-corrected chi connectivity index (χ2v) is 6.35. The van der Waals surface area contributed by atoms with E-state index in [-0.39, 0.29) is 17.7 Å². The first-order chi connectivity index (χ1) is 13.3. The fourth-order valence-electron chi connectivity index (χ4n) is 3.06. The molecule has 2 aromatic heterocycles. The van der Waals surface area contributed by atoms with Crippen LogP contribution in [0.2, 0.25) is 0 Å². The van der Waals surface area contributed by atoms with Crippen molar-refractivity contribution < 1.29 is 23.4 Å². The number of carbonyl (C=O) groups is 1. The molecule has 0 saturated carbocycles. The number of halogens is 2. The van der Waals surface area contributed by atoms with Gasteiger partial charge in [0.1, 0.15) is 35.1 Å². The standard InChI is InChI=1S/C19H18F2N4O3/c1-11(12-3-6-16(22-9-12)18(26)28-2)19(27,8-17-23-10-24-25-17)14-5-4-13(20)7-15(14)21/h3-7,9-11,27H,8H2,1-2H3,(H,23,24,25). The van der Waals surface area contributed by atoms with E-state index in [0.717, 1.165) is 6.07 Å². The number of esters is 1. The molecule has 2 atom stereocenters. The average Bonchev–Trinajstić information content (AvgIpc) is 3.19. The molecule has 0 saturated heterocycles. The average molecular weight is 388 g/mol. The van der Waals surface area contributed by atoms with Crippen molar-refractivity contribution in [3.63, 3.8) is 0 Å². The van der Waals surface area contributed by atoms with E-state index in [1.54, 1.807) is 13.0 Å². The number of aliphatic hydroxyl groups is 1. The van der Waals surface area contributed by atoms with Crippen LogP contribution < -0.4 is 0 Å². The van der Waals surface area contributed by atoms with Crippen LogP contribution in [-0.2, 0) is 16.8 Å². The smallest absolute Gasteiger partial charge is 0.356 e. The Kier molecular flexibility index (Phi) is 5.46. The summed E-state index contributed by atoms with van der Waals surface area (Å²) in [5, 5.41) is 17.9. The maximum atomic E-state index is 14.5. The van der Waals surface area contributed by atoms with Gasteiger partial charge in [-0.15, -0.1) is 0 Å². The van der Waals surface area contributed by atoms with Gasteiger partial charge in [0, 0.05) is 30.2 Å². The third-order valence-electron chi connectivity index (χ3n) is 4.70. The molecule has 9 heteroatoms. The van der Waals surface area contributed by atoms with Crippen LogP contribution in [0.4, 0.5) is 8.78 Å². The number of hydrogen-bond donors (Lipinski definition) is 2. The molecular formula is C19H18F2N4O3. The number of carbonyl (C=O) groups excluding carboxylic acids is 1. The van der Waals surface area contributed by atoms with Gasteiger partial charge in [0.2, 0.25) is 0 Å². The highest BCUT2D eigenvalue weighted by Crippen LogP contribution is 2.40. The molecule has 0 aliphatic carbocycles. The Hall–Kier alpha value is -3.20. The van der Waals surface area contributed by atoms with Crippen molar-refractivity contribution in [2.45, 2.75) is 24.9 Å². The van der Waals surface area contributed by atoms with Gasteiger partial charge in [-0.1, -0.05) is 19.1 Å². The lowest BCUT2D eigenvalue weighted by Gasteiger charge is -2.34. The van der Waals surface area contributed by atoms with Gasteiger partial charge in [-0.2, -0.15) is 5.10 Å². The van der Waals surface area contributed by atoms with Crippen LogP contribution in [0.25, 0.3) is 0 Å². The first-order valence-corrected chi connectivity index (χ1v) is 8.41. The summed E-state index contributed by atoms with van der Waals surface area (Å²) in [7, 11) is 1.24. The van der Waals surface area contributed by atoms with Crippen molar-refractivity contribution in [1.29, 1.82) is 0 Å². The van der Waals surface area contributed by atoms with Crippen molar-refractivity contribution in [1.82, 2.24) is 20.2 Å². The normalized spacial score (nSPS) is 14.3. The molecule has 2 N–H and O–H groups in total. The summed E-state index contributed by atoms with van der Waals surface area (Å²) in [6, 6.07) is 6.04. The maximum Gasteiger partial charge on any atom is 0.356 e. The van der Waals surface area contributed by atoms with E-state index in [1.165, 1.54) is 31.8 Å². The minimum Gasteiger partial charge on any atom is -0.464 e. The quantitative estimate of drug-likeness (QED) is 0.629. The lowest BCUT2D eigenvalue weighted by molar-refractivity contribution is 0.00732. The molecule has 0 bridgehead atoms. The van der Waals surface area contributed by atoms with Gasteiger partial charge < -0.3 is 9.84 Å². The number of H-pyrrole nitrogens is 1. The van der Waals surface area contributed by atoms with E-state index < -0.39 is 29.1 Å². The van der Waals surface area contributed by atoms with Crippen LogP contribution in [0, 0.1) is 11.6 Å². The zero-order valence-corrected chi connectivity index (χ0v) is 15.2. The minimum atomic E-state index is -1.79. The summed E-state index contributed by atoms with van der Waals surface area (Å²) >= 11 is 0. The van der Waals surface area contributed by atoms with Crippen LogP contribution in [0.15, 0.2) is 42.9 Å². The molecule has 3 aromatic rings. The Morgan fingerprint density at radius 1 is 1.29 bits per heavy atom. The third kappa shape index (κ3) is 3.74. The highest BCUT2D eigenvalue weighted by Gasteiger charge is 2.40. The van der Waals surface area contributed by atoms with Gasteiger partial charge in [-0.05, 0) is 17.7 Å². The number of rotatable bonds is 6. The zero-order valence-electron chi connectivity index (χ0n) is 15.2. The number of ether oxygens (including phenoxy) is 1. The van der Waals surface area contributed by atoms with Crippen LogP contribution in [-0.4, -0.2) is 38.4 Å². The zero-order chi connectivity index (χ0) is 20.3. The van der Waals surface area contributed by atoms with Crippen LogP contribution in [0.3, 0.4) is 0 Å². The monoisotopic (exact) mass is 388 g/mol. The van der Waals surface area contributed by atoms with E-state index in [2.05, 4.69) is 24.9 Å². The van der Waals surface area contributed by atoms with E-state index in [9.17, 15) is 18.7 Å². The molecule has 0 fully saturated rings. The van der Waals surface area contributed by atoms with E-state index in [1.807, 2.05) is 0 Å². The van der Waals surface area contributed by atoms with Crippen LogP contribution in [0.1, 0.15) is 40.3 Å². The van der Waals surface area contributed by atoms with Gasteiger partial charge >= 0.3 is 5.97 Å². The van der Waals surface area contributed by atoms with Gasteiger partial charge in [0.15, 0.2) is 0 Å². The highest BCUT2D eigenvalue weighted by molar-refractivity contribution is 5.87. The summed E-state index contributed by atoms with van der Waals surface area (Å²) in [6.45, 7) is 1.67. The van der Waals surface area contributed by atoms with Crippen LogP contribution >= 0.6 is 0 Å². The molecule has 28 heavy (non-hydrogen) atoms. The predicted molar refractivity (Wildman–Crippen MR) is 94.3 cm³/mol. The van der Waals surface area contributed by atoms with E-state index in [0.29, 0.717) is 17.5 Å². The second-order valence-electron chi connectivity index (χ2n) is 6.35. The highest BCUT2D eigenvalue weighted by atomic mass is 19.1. The minimum absolute atomic E-state index is 0.0881. The second kappa shape index (κ2) is 7.81. The first-order valence-electron chi connectivity index (χ1n) is 8.41.